The molecule has 7 heteroatoms. The smallest absolute Gasteiger partial charge is 0.413 e. The van der Waals surface area contributed by atoms with Crippen LogP contribution in [0.2, 0.25) is 0 Å². The summed E-state index contributed by atoms with van der Waals surface area (Å²) in [5.41, 5.74) is 0.197. The molecule has 2 atom stereocenters. The van der Waals surface area contributed by atoms with E-state index in [2.05, 4.69) is 0 Å². The SMILES string of the molecule is COc1ccc([C@H]2OC(=O)N(Cc3cccc(OC)c3)[C@@]2(O)c2ccc(OC)cc2)cc1. The van der Waals surface area contributed by atoms with E-state index >= 15 is 0 Å². The number of aliphatic hydroxyl groups is 1. The van der Waals surface area contributed by atoms with Crippen LogP contribution in [0.15, 0.2) is 72.8 Å². The second kappa shape index (κ2) is 8.80. The molecule has 3 aromatic rings. The summed E-state index contributed by atoms with van der Waals surface area (Å²) in [5.74, 6) is 1.97. The quantitative estimate of drug-likeness (QED) is 0.598. The van der Waals surface area contributed by atoms with Gasteiger partial charge < -0.3 is 24.1 Å². The van der Waals surface area contributed by atoms with Crippen LogP contribution in [0, 0.1) is 0 Å². The molecule has 1 N–H and O–H groups in total. The fraction of sp³-hybridized carbons (Fsp3) is 0.240. The Morgan fingerprint density at radius 2 is 1.47 bits per heavy atom. The van der Waals surface area contributed by atoms with Gasteiger partial charge in [-0.05, 0) is 47.5 Å². The van der Waals surface area contributed by atoms with E-state index in [-0.39, 0.29) is 6.54 Å². The molecule has 1 heterocycles. The van der Waals surface area contributed by atoms with Crippen LogP contribution in [0.25, 0.3) is 0 Å². The van der Waals surface area contributed by atoms with Gasteiger partial charge in [0.1, 0.15) is 17.2 Å². The summed E-state index contributed by atoms with van der Waals surface area (Å²) in [6.07, 6.45) is -1.56. The van der Waals surface area contributed by atoms with Crippen molar-refractivity contribution in [2.75, 3.05) is 21.3 Å². The number of hydrogen-bond acceptors (Lipinski definition) is 6. The van der Waals surface area contributed by atoms with E-state index in [1.807, 2.05) is 24.3 Å². The Bertz CT molecular complexity index is 1080. The maximum absolute atomic E-state index is 13.0. The van der Waals surface area contributed by atoms with Gasteiger partial charge >= 0.3 is 6.09 Å². The minimum absolute atomic E-state index is 0.130. The number of nitrogens with zero attached hydrogens (tertiary/aromatic N) is 1. The topological polar surface area (TPSA) is 77.5 Å². The molecule has 0 spiro atoms. The van der Waals surface area contributed by atoms with Crippen molar-refractivity contribution in [2.45, 2.75) is 18.4 Å². The van der Waals surface area contributed by atoms with Crippen molar-refractivity contribution < 1.29 is 28.8 Å². The average Bonchev–Trinajstić information content (AvgIpc) is 3.10. The summed E-state index contributed by atoms with van der Waals surface area (Å²) in [7, 11) is 4.73. The Labute approximate surface area is 186 Å². The zero-order chi connectivity index (χ0) is 22.7. The molecule has 0 bridgehead atoms. The first kappa shape index (κ1) is 21.5. The third kappa shape index (κ3) is 3.83. The van der Waals surface area contributed by atoms with Gasteiger partial charge in [0.2, 0.25) is 5.72 Å². The number of hydrogen-bond donors (Lipinski definition) is 1. The third-order valence-corrected chi connectivity index (χ3v) is 5.62. The fourth-order valence-electron chi connectivity index (χ4n) is 3.89. The monoisotopic (exact) mass is 435 g/mol. The lowest BCUT2D eigenvalue weighted by atomic mass is 9.91. The molecule has 166 valence electrons. The number of rotatable bonds is 7. The molecule has 0 aliphatic carbocycles. The number of methoxy groups -OCH3 is 3. The highest BCUT2D eigenvalue weighted by Crippen LogP contribution is 2.47. The minimum atomic E-state index is -1.75. The number of amides is 1. The minimum Gasteiger partial charge on any atom is -0.497 e. The maximum Gasteiger partial charge on any atom is 0.413 e. The largest absolute Gasteiger partial charge is 0.497 e. The molecular formula is C25H25NO6. The van der Waals surface area contributed by atoms with Gasteiger partial charge in [0.05, 0.1) is 27.9 Å². The Hall–Kier alpha value is -3.71. The van der Waals surface area contributed by atoms with Crippen LogP contribution in [0.1, 0.15) is 22.8 Å². The standard InChI is InChI=1S/C25H25NO6/c1-29-20-11-7-18(8-12-20)23-25(28,19-9-13-21(30-2)14-10-19)26(24(27)32-23)16-17-5-4-6-22(15-17)31-3/h4-15,23,28H,16H2,1-3H3/t23-,25-/m1/s1. The summed E-state index contributed by atoms with van der Waals surface area (Å²) in [6, 6.07) is 21.4. The van der Waals surface area contributed by atoms with Crippen LogP contribution in [0.4, 0.5) is 4.79 Å². The van der Waals surface area contributed by atoms with Gasteiger partial charge in [0.15, 0.2) is 6.10 Å². The first-order chi connectivity index (χ1) is 15.5. The van der Waals surface area contributed by atoms with Gasteiger partial charge in [-0.2, -0.15) is 0 Å². The van der Waals surface area contributed by atoms with Crippen LogP contribution >= 0.6 is 0 Å². The van der Waals surface area contributed by atoms with Crippen molar-refractivity contribution in [3.63, 3.8) is 0 Å². The van der Waals surface area contributed by atoms with Crippen LogP contribution in [0.5, 0.6) is 17.2 Å². The molecule has 0 unspecified atom stereocenters. The predicted molar refractivity (Wildman–Crippen MR) is 118 cm³/mol. The normalized spacial score (nSPS) is 20.1. The lowest BCUT2D eigenvalue weighted by molar-refractivity contribution is -0.113. The Kier molecular flexibility index (Phi) is 5.92. The average molecular weight is 435 g/mol. The highest BCUT2D eigenvalue weighted by atomic mass is 16.6. The van der Waals surface area contributed by atoms with E-state index in [0.29, 0.717) is 28.4 Å². The summed E-state index contributed by atoms with van der Waals surface area (Å²) >= 11 is 0. The molecule has 1 aliphatic heterocycles. The van der Waals surface area contributed by atoms with E-state index in [1.165, 1.54) is 4.90 Å². The molecular weight excluding hydrogens is 410 g/mol. The van der Waals surface area contributed by atoms with E-state index in [1.54, 1.807) is 69.9 Å². The molecule has 0 saturated carbocycles. The Balaban J connectivity index is 1.78. The number of ether oxygens (including phenoxy) is 4. The summed E-state index contributed by atoms with van der Waals surface area (Å²) in [5, 5.41) is 12.1. The highest BCUT2D eigenvalue weighted by Gasteiger charge is 2.56. The molecule has 1 aliphatic rings. The molecule has 1 amide bonds. The first-order valence-corrected chi connectivity index (χ1v) is 10.1. The van der Waals surface area contributed by atoms with Crippen LogP contribution < -0.4 is 14.2 Å². The van der Waals surface area contributed by atoms with Gasteiger partial charge in [-0.3, -0.25) is 4.90 Å². The second-order valence-corrected chi connectivity index (χ2v) is 7.43. The Morgan fingerprint density at radius 1 is 0.875 bits per heavy atom. The Morgan fingerprint density at radius 3 is 2.06 bits per heavy atom. The molecule has 32 heavy (non-hydrogen) atoms. The van der Waals surface area contributed by atoms with Gasteiger partial charge in [0.25, 0.3) is 0 Å². The number of carbonyl (C=O) groups excluding carboxylic acids is 1. The molecule has 7 nitrogen and oxygen atoms in total. The molecule has 1 fully saturated rings. The van der Waals surface area contributed by atoms with Gasteiger partial charge in [-0.1, -0.05) is 36.4 Å². The van der Waals surface area contributed by atoms with Crippen LogP contribution in [0.3, 0.4) is 0 Å². The van der Waals surface area contributed by atoms with Gasteiger partial charge in [-0.25, -0.2) is 4.79 Å². The lowest BCUT2D eigenvalue weighted by Crippen LogP contribution is -2.45. The number of carbonyl (C=O) groups is 1. The number of cyclic esters (lactones) is 1. The van der Waals surface area contributed by atoms with Crippen molar-refractivity contribution >= 4 is 6.09 Å². The van der Waals surface area contributed by atoms with E-state index in [9.17, 15) is 9.90 Å². The first-order valence-electron chi connectivity index (χ1n) is 10.1. The van der Waals surface area contributed by atoms with Gasteiger partial charge in [-0.15, -0.1) is 0 Å². The molecule has 1 saturated heterocycles. The van der Waals surface area contributed by atoms with Crippen molar-refractivity contribution in [3.05, 3.63) is 89.5 Å². The zero-order valence-corrected chi connectivity index (χ0v) is 18.1. The van der Waals surface area contributed by atoms with Crippen molar-refractivity contribution in [1.29, 1.82) is 0 Å². The maximum atomic E-state index is 13.0. The zero-order valence-electron chi connectivity index (χ0n) is 18.1. The molecule has 4 rings (SSSR count). The molecule has 0 aromatic heterocycles. The molecule has 3 aromatic carbocycles. The highest BCUT2D eigenvalue weighted by molar-refractivity contribution is 5.72. The van der Waals surface area contributed by atoms with E-state index < -0.39 is 17.9 Å². The van der Waals surface area contributed by atoms with Crippen molar-refractivity contribution in [3.8, 4) is 17.2 Å². The summed E-state index contributed by atoms with van der Waals surface area (Å²) in [6.45, 7) is 0.130. The van der Waals surface area contributed by atoms with E-state index in [4.69, 9.17) is 18.9 Å². The van der Waals surface area contributed by atoms with E-state index in [0.717, 1.165) is 5.56 Å². The molecule has 0 radical (unpaired) electrons. The number of benzene rings is 3. The predicted octanol–water partition coefficient (Wildman–Crippen LogP) is 4.25. The fourth-order valence-corrected chi connectivity index (χ4v) is 3.89. The van der Waals surface area contributed by atoms with Crippen LogP contribution in [-0.4, -0.2) is 37.4 Å². The third-order valence-electron chi connectivity index (χ3n) is 5.62. The van der Waals surface area contributed by atoms with Crippen molar-refractivity contribution in [1.82, 2.24) is 4.90 Å². The van der Waals surface area contributed by atoms with Crippen LogP contribution in [-0.2, 0) is 17.0 Å². The van der Waals surface area contributed by atoms with Gasteiger partial charge in [0, 0.05) is 5.56 Å². The van der Waals surface area contributed by atoms with Crippen molar-refractivity contribution in [2.24, 2.45) is 0 Å². The summed E-state index contributed by atoms with van der Waals surface area (Å²) in [4.78, 5) is 14.3. The summed E-state index contributed by atoms with van der Waals surface area (Å²) < 4.78 is 21.5. The lowest BCUT2D eigenvalue weighted by Gasteiger charge is -2.35. The second-order valence-electron chi connectivity index (χ2n) is 7.43.